The minimum Gasteiger partial charge on any atom is -0.420 e. The van der Waals surface area contributed by atoms with Crippen LogP contribution >= 0.6 is 15.9 Å². The van der Waals surface area contributed by atoms with Crippen LogP contribution in [0.4, 0.5) is 0 Å². The van der Waals surface area contributed by atoms with Crippen molar-refractivity contribution in [1.29, 1.82) is 0 Å². The summed E-state index contributed by atoms with van der Waals surface area (Å²) in [7, 11) is 0. The third-order valence-electron chi connectivity index (χ3n) is 4.26. The highest BCUT2D eigenvalue weighted by atomic mass is 79.9. The van der Waals surface area contributed by atoms with Crippen molar-refractivity contribution < 1.29 is 9.21 Å². The Morgan fingerprint density at radius 1 is 1.11 bits per heavy atom. The van der Waals surface area contributed by atoms with E-state index in [-0.39, 0.29) is 12.3 Å². The van der Waals surface area contributed by atoms with Crippen molar-refractivity contribution in [3.63, 3.8) is 0 Å². The zero-order valence-corrected chi connectivity index (χ0v) is 16.0. The number of nitrogens with zero attached hydrogens (tertiary/aromatic N) is 2. The van der Waals surface area contributed by atoms with Crippen LogP contribution < -0.4 is 5.32 Å². The second-order valence-corrected chi connectivity index (χ2v) is 7.06. The Balaban J connectivity index is 1.31. The maximum atomic E-state index is 12.1. The van der Waals surface area contributed by atoms with Crippen LogP contribution in [0.1, 0.15) is 11.5 Å². The predicted molar refractivity (Wildman–Crippen MR) is 106 cm³/mol. The van der Waals surface area contributed by atoms with E-state index >= 15 is 0 Å². The van der Waals surface area contributed by atoms with Gasteiger partial charge in [0.2, 0.25) is 17.7 Å². The second-order valence-electron chi connectivity index (χ2n) is 6.14. The number of benzene rings is 2. The van der Waals surface area contributed by atoms with Crippen molar-refractivity contribution in [2.24, 2.45) is 0 Å². The molecule has 4 aromatic rings. The normalized spacial score (nSPS) is 11.0. The van der Waals surface area contributed by atoms with Crippen LogP contribution in [0, 0.1) is 0 Å². The first kappa shape index (κ1) is 17.5. The molecule has 0 aliphatic heterocycles. The van der Waals surface area contributed by atoms with Crippen molar-refractivity contribution in [1.82, 2.24) is 20.5 Å². The van der Waals surface area contributed by atoms with E-state index in [0.29, 0.717) is 18.3 Å². The SMILES string of the molecule is O=C(Cc1nnc(-c2ccc(Br)cc2)o1)NCCc1c[nH]c2ccccc12. The van der Waals surface area contributed by atoms with E-state index in [0.717, 1.165) is 22.0 Å². The van der Waals surface area contributed by atoms with Crippen molar-refractivity contribution in [3.8, 4) is 11.5 Å². The number of amides is 1. The molecule has 4 rings (SSSR count). The van der Waals surface area contributed by atoms with Gasteiger partial charge in [-0.25, -0.2) is 0 Å². The second kappa shape index (κ2) is 7.75. The van der Waals surface area contributed by atoms with Crippen molar-refractivity contribution in [3.05, 3.63) is 70.7 Å². The maximum absolute atomic E-state index is 12.1. The first-order chi connectivity index (χ1) is 13.2. The largest absolute Gasteiger partial charge is 0.420 e. The van der Waals surface area contributed by atoms with Gasteiger partial charge in [-0.1, -0.05) is 34.1 Å². The fourth-order valence-corrected chi connectivity index (χ4v) is 3.17. The highest BCUT2D eigenvalue weighted by molar-refractivity contribution is 9.10. The molecule has 136 valence electrons. The molecule has 0 aliphatic carbocycles. The fraction of sp³-hybridized carbons (Fsp3) is 0.150. The summed E-state index contributed by atoms with van der Waals surface area (Å²) in [5, 5.41) is 12.1. The monoisotopic (exact) mass is 424 g/mol. The molecule has 2 heterocycles. The number of nitrogens with one attached hydrogen (secondary N) is 2. The van der Waals surface area contributed by atoms with E-state index < -0.39 is 0 Å². The van der Waals surface area contributed by atoms with Crippen molar-refractivity contribution in [2.45, 2.75) is 12.8 Å². The summed E-state index contributed by atoms with van der Waals surface area (Å²) in [4.78, 5) is 15.4. The Morgan fingerprint density at radius 2 is 1.93 bits per heavy atom. The highest BCUT2D eigenvalue weighted by Gasteiger charge is 2.12. The summed E-state index contributed by atoms with van der Waals surface area (Å²) in [5.74, 6) is 0.572. The van der Waals surface area contributed by atoms with E-state index in [2.05, 4.69) is 42.5 Å². The molecule has 0 radical (unpaired) electrons. The minimum atomic E-state index is -0.138. The molecule has 0 bridgehead atoms. The van der Waals surface area contributed by atoms with E-state index in [9.17, 15) is 4.79 Å². The number of rotatable bonds is 6. The molecular weight excluding hydrogens is 408 g/mol. The van der Waals surface area contributed by atoms with Gasteiger partial charge in [0.05, 0.1) is 0 Å². The molecule has 1 amide bonds. The molecule has 0 unspecified atom stereocenters. The fourth-order valence-electron chi connectivity index (χ4n) is 2.91. The van der Waals surface area contributed by atoms with Gasteiger partial charge >= 0.3 is 0 Å². The van der Waals surface area contributed by atoms with Crippen LogP contribution in [0.5, 0.6) is 0 Å². The predicted octanol–water partition coefficient (Wildman–Crippen LogP) is 3.88. The van der Waals surface area contributed by atoms with Gasteiger partial charge < -0.3 is 14.7 Å². The van der Waals surface area contributed by atoms with Crippen LogP contribution in [0.2, 0.25) is 0 Å². The van der Waals surface area contributed by atoms with E-state index in [1.54, 1.807) is 0 Å². The van der Waals surface area contributed by atoms with Gasteiger partial charge in [-0.2, -0.15) is 0 Å². The zero-order chi connectivity index (χ0) is 18.6. The van der Waals surface area contributed by atoms with Crippen LogP contribution in [-0.2, 0) is 17.6 Å². The topological polar surface area (TPSA) is 83.8 Å². The van der Waals surface area contributed by atoms with Crippen molar-refractivity contribution in [2.75, 3.05) is 6.54 Å². The van der Waals surface area contributed by atoms with Gasteiger partial charge in [-0.15, -0.1) is 10.2 Å². The Bertz CT molecular complexity index is 1070. The number of hydrogen-bond acceptors (Lipinski definition) is 4. The van der Waals surface area contributed by atoms with Gasteiger partial charge in [0.1, 0.15) is 6.42 Å². The molecule has 0 saturated heterocycles. The maximum Gasteiger partial charge on any atom is 0.247 e. The smallest absolute Gasteiger partial charge is 0.247 e. The van der Waals surface area contributed by atoms with Crippen LogP contribution in [0.3, 0.4) is 0 Å². The molecule has 27 heavy (non-hydrogen) atoms. The lowest BCUT2D eigenvalue weighted by atomic mass is 10.1. The van der Waals surface area contributed by atoms with Crippen molar-refractivity contribution >= 4 is 32.7 Å². The Morgan fingerprint density at radius 3 is 2.78 bits per heavy atom. The Kier molecular flexibility index (Phi) is 5.02. The van der Waals surface area contributed by atoms with Crippen LogP contribution in [0.25, 0.3) is 22.4 Å². The Hall–Kier alpha value is -2.93. The van der Waals surface area contributed by atoms with Crippen LogP contribution in [-0.4, -0.2) is 27.6 Å². The summed E-state index contributed by atoms with van der Waals surface area (Å²) in [6, 6.07) is 15.7. The number of aromatic amines is 1. The van der Waals surface area contributed by atoms with Crippen LogP contribution in [0.15, 0.2) is 63.6 Å². The molecule has 0 spiro atoms. The molecule has 0 saturated carbocycles. The van der Waals surface area contributed by atoms with Gasteiger partial charge in [0.25, 0.3) is 0 Å². The van der Waals surface area contributed by atoms with E-state index in [1.807, 2.05) is 48.7 Å². The molecule has 0 atom stereocenters. The first-order valence-electron chi connectivity index (χ1n) is 8.59. The molecule has 6 nitrogen and oxygen atoms in total. The number of carbonyl (C=O) groups excluding carboxylic acids is 1. The van der Waals surface area contributed by atoms with Gasteiger partial charge in [0.15, 0.2) is 0 Å². The number of hydrogen-bond donors (Lipinski definition) is 2. The molecule has 2 N–H and O–H groups in total. The standard InChI is InChI=1S/C20H17BrN4O2/c21-15-7-5-13(6-8-15)20-25-24-19(27-20)11-18(26)22-10-9-14-12-23-17-4-2-1-3-16(14)17/h1-8,12,23H,9-11H2,(H,22,26). The minimum absolute atomic E-state index is 0.0669. The number of para-hydroxylation sites is 1. The molecule has 0 fully saturated rings. The third kappa shape index (κ3) is 4.09. The number of carbonyl (C=O) groups is 1. The molecule has 2 aromatic heterocycles. The average molecular weight is 425 g/mol. The lowest BCUT2D eigenvalue weighted by Crippen LogP contribution is -2.27. The number of halogens is 1. The lowest BCUT2D eigenvalue weighted by Gasteiger charge is -2.03. The van der Waals surface area contributed by atoms with E-state index in [1.165, 1.54) is 10.9 Å². The molecule has 7 heteroatoms. The lowest BCUT2D eigenvalue weighted by molar-refractivity contribution is -0.120. The zero-order valence-electron chi connectivity index (χ0n) is 14.4. The third-order valence-corrected chi connectivity index (χ3v) is 4.79. The average Bonchev–Trinajstić information content (AvgIpc) is 3.30. The summed E-state index contributed by atoms with van der Waals surface area (Å²) >= 11 is 3.39. The Labute approximate surface area is 164 Å². The number of fused-ring (bicyclic) bond motifs is 1. The van der Waals surface area contributed by atoms with Gasteiger partial charge in [-0.3, -0.25) is 4.79 Å². The van der Waals surface area contributed by atoms with Gasteiger partial charge in [-0.05, 0) is 42.3 Å². The summed E-state index contributed by atoms with van der Waals surface area (Å²) in [5.41, 5.74) is 3.10. The van der Waals surface area contributed by atoms with Gasteiger partial charge in [0, 0.05) is 33.7 Å². The first-order valence-corrected chi connectivity index (χ1v) is 9.38. The number of aromatic nitrogens is 3. The summed E-state index contributed by atoms with van der Waals surface area (Å²) in [6.07, 6.45) is 2.81. The van der Waals surface area contributed by atoms with E-state index in [4.69, 9.17) is 4.42 Å². The molecule has 2 aromatic carbocycles. The summed E-state index contributed by atoms with van der Waals surface area (Å²) in [6.45, 7) is 0.550. The molecular formula is C20H17BrN4O2. The highest BCUT2D eigenvalue weighted by Crippen LogP contribution is 2.21. The molecule has 0 aliphatic rings. The quantitative estimate of drug-likeness (QED) is 0.491. The number of H-pyrrole nitrogens is 1. The summed E-state index contributed by atoms with van der Waals surface area (Å²) < 4.78 is 6.56.